The normalized spacial score (nSPS) is 11.9. The Morgan fingerprint density at radius 2 is 1.96 bits per heavy atom. The number of phenols is 1. The van der Waals surface area contributed by atoms with Gasteiger partial charge in [0.05, 0.1) is 11.1 Å². The minimum atomic E-state index is -0.580. The molecule has 0 spiro atoms. The molecule has 2 rings (SSSR count). The van der Waals surface area contributed by atoms with Crippen LogP contribution in [0.1, 0.15) is 18.1 Å². The van der Waals surface area contributed by atoms with Gasteiger partial charge in [-0.05, 0) is 32.0 Å². The summed E-state index contributed by atoms with van der Waals surface area (Å²) in [6.45, 7) is 3.65. The second-order valence-corrected chi connectivity index (χ2v) is 5.47. The average molecular weight is 342 g/mol. The summed E-state index contributed by atoms with van der Waals surface area (Å²) in [4.78, 5) is 22.2. The lowest BCUT2D eigenvalue weighted by atomic mass is 10.2. The number of anilines is 1. The summed E-state index contributed by atoms with van der Waals surface area (Å²) in [7, 11) is 0. The molecule has 0 bridgehead atoms. The van der Waals surface area contributed by atoms with Crippen molar-refractivity contribution in [3.8, 4) is 5.75 Å². The van der Waals surface area contributed by atoms with Gasteiger partial charge in [-0.2, -0.15) is 5.10 Å². The topological polar surface area (TPSA) is 117 Å². The lowest BCUT2D eigenvalue weighted by Crippen LogP contribution is -2.34. The number of nitrogens with zero attached hydrogens (tertiary/aromatic N) is 2. The first-order valence-electron chi connectivity index (χ1n) is 7.50. The highest BCUT2D eigenvalue weighted by Crippen LogP contribution is 2.21. The number of amides is 1. The van der Waals surface area contributed by atoms with E-state index in [-0.39, 0.29) is 22.9 Å². The zero-order chi connectivity index (χ0) is 18.4. The van der Waals surface area contributed by atoms with E-state index in [9.17, 15) is 20.0 Å². The minimum Gasteiger partial charge on any atom is -0.507 e. The number of aryl methyl sites for hydroxylation is 1. The van der Waals surface area contributed by atoms with Gasteiger partial charge in [-0.3, -0.25) is 14.9 Å². The first-order chi connectivity index (χ1) is 11.9. The summed E-state index contributed by atoms with van der Waals surface area (Å²) in [6, 6.07) is 10.6. The summed E-state index contributed by atoms with van der Waals surface area (Å²) in [6.07, 6.45) is 1.15. The molecule has 0 fully saturated rings. The first kappa shape index (κ1) is 17.9. The maximum Gasteiger partial charge on any atom is 0.270 e. The summed E-state index contributed by atoms with van der Waals surface area (Å²) in [5.74, 6) is -0.559. The number of nitro benzene ring substituents is 1. The number of phenolic OH excluding ortho intramolecular Hbond substituents is 1. The highest BCUT2D eigenvalue weighted by Gasteiger charge is 2.12. The quantitative estimate of drug-likeness (QED) is 0.424. The Hall–Kier alpha value is -3.42. The minimum absolute atomic E-state index is 0.133. The predicted molar refractivity (Wildman–Crippen MR) is 94.8 cm³/mol. The summed E-state index contributed by atoms with van der Waals surface area (Å²) >= 11 is 0. The van der Waals surface area contributed by atoms with Gasteiger partial charge >= 0.3 is 0 Å². The van der Waals surface area contributed by atoms with Gasteiger partial charge in [0.15, 0.2) is 0 Å². The molecule has 3 N–H and O–H groups in total. The molecule has 0 unspecified atom stereocenters. The van der Waals surface area contributed by atoms with Gasteiger partial charge in [-0.25, -0.2) is 5.43 Å². The van der Waals surface area contributed by atoms with Gasteiger partial charge in [0.1, 0.15) is 11.8 Å². The van der Waals surface area contributed by atoms with Crippen LogP contribution in [-0.2, 0) is 4.79 Å². The molecule has 0 saturated heterocycles. The maximum atomic E-state index is 12.0. The van der Waals surface area contributed by atoms with Crippen LogP contribution in [0.3, 0.4) is 0 Å². The standard InChI is InChI=1S/C17H18N4O4/c1-11-3-5-14(6-4-11)19-12(2)17(23)20-18-10-13-9-15(21(24)25)7-8-16(13)22/h3-10,12,19,22H,1-2H3,(H,20,23)/t12-/m0/s1. The Morgan fingerprint density at radius 1 is 1.28 bits per heavy atom. The molecule has 1 atom stereocenters. The molecule has 0 radical (unpaired) electrons. The lowest BCUT2D eigenvalue weighted by molar-refractivity contribution is -0.384. The third-order valence-corrected chi connectivity index (χ3v) is 3.43. The monoisotopic (exact) mass is 342 g/mol. The molecule has 0 aliphatic carbocycles. The van der Waals surface area contributed by atoms with Crippen molar-refractivity contribution >= 4 is 23.5 Å². The number of non-ortho nitro benzene ring substituents is 1. The van der Waals surface area contributed by atoms with Crippen LogP contribution in [0.15, 0.2) is 47.6 Å². The SMILES string of the molecule is Cc1ccc(N[C@@H](C)C(=O)NN=Cc2cc([N+](=O)[O-])ccc2O)cc1. The molecule has 8 heteroatoms. The third kappa shape index (κ3) is 5.03. The maximum absolute atomic E-state index is 12.0. The molecule has 25 heavy (non-hydrogen) atoms. The molecule has 8 nitrogen and oxygen atoms in total. The van der Waals surface area contributed by atoms with E-state index in [1.54, 1.807) is 6.92 Å². The van der Waals surface area contributed by atoms with Gasteiger partial charge in [-0.15, -0.1) is 0 Å². The van der Waals surface area contributed by atoms with Crippen LogP contribution < -0.4 is 10.7 Å². The van der Waals surface area contributed by atoms with Crippen molar-refractivity contribution in [3.05, 3.63) is 63.7 Å². The first-order valence-corrected chi connectivity index (χ1v) is 7.50. The average Bonchev–Trinajstić information content (AvgIpc) is 2.58. The number of carbonyl (C=O) groups excluding carboxylic acids is 1. The largest absolute Gasteiger partial charge is 0.507 e. The van der Waals surface area contributed by atoms with Gasteiger partial charge < -0.3 is 10.4 Å². The van der Waals surface area contributed by atoms with Crippen molar-refractivity contribution in [1.29, 1.82) is 0 Å². The van der Waals surface area contributed by atoms with Crippen LogP contribution >= 0.6 is 0 Å². The van der Waals surface area contributed by atoms with E-state index in [2.05, 4.69) is 15.8 Å². The van der Waals surface area contributed by atoms with Crippen molar-refractivity contribution in [2.24, 2.45) is 5.10 Å². The molecule has 2 aromatic carbocycles. The summed E-state index contributed by atoms with van der Waals surface area (Å²) < 4.78 is 0. The number of aromatic hydroxyl groups is 1. The van der Waals surface area contributed by atoms with Crippen molar-refractivity contribution in [2.75, 3.05) is 5.32 Å². The van der Waals surface area contributed by atoms with Gasteiger partial charge in [0.2, 0.25) is 0 Å². The Labute approximate surface area is 144 Å². The van der Waals surface area contributed by atoms with Crippen molar-refractivity contribution in [2.45, 2.75) is 19.9 Å². The van der Waals surface area contributed by atoms with E-state index < -0.39 is 11.0 Å². The number of hydrazone groups is 1. The molecule has 130 valence electrons. The van der Waals surface area contributed by atoms with Crippen LogP contribution in [0, 0.1) is 17.0 Å². The van der Waals surface area contributed by atoms with Crippen LogP contribution in [0.5, 0.6) is 5.75 Å². The van der Waals surface area contributed by atoms with Crippen LogP contribution in [0.4, 0.5) is 11.4 Å². The number of carbonyl (C=O) groups is 1. The van der Waals surface area contributed by atoms with Crippen molar-refractivity contribution in [3.63, 3.8) is 0 Å². The van der Waals surface area contributed by atoms with Gasteiger partial charge in [0, 0.05) is 23.4 Å². The Kier molecular flexibility index (Phi) is 5.67. The highest BCUT2D eigenvalue weighted by molar-refractivity contribution is 5.88. The van der Waals surface area contributed by atoms with E-state index in [1.165, 1.54) is 18.2 Å². The molecule has 0 aromatic heterocycles. The van der Waals surface area contributed by atoms with Crippen molar-refractivity contribution < 1.29 is 14.8 Å². The molecule has 0 heterocycles. The fourth-order valence-corrected chi connectivity index (χ4v) is 1.99. The van der Waals surface area contributed by atoms with E-state index in [0.29, 0.717) is 0 Å². The Bertz CT molecular complexity index is 803. The molecule has 0 saturated carbocycles. The van der Waals surface area contributed by atoms with Gasteiger partial charge in [0.25, 0.3) is 11.6 Å². The predicted octanol–water partition coefficient (Wildman–Crippen LogP) is 2.56. The number of hydrogen-bond donors (Lipinski definition) is 3. The van der Waals surface area contributed by atoms with E-state index >= 15 is 0 Å². The summed E-state index contributed by atoms with van der Waals surface area (Å²) in [5.41, 5.74) is 4.19. The van der Waals surface area contributed by atoms with E-state index in [0.717, 1.165) is 17.5 Å². The fourth-order valence-electron chi connectivity index (χ4n) is 1.99. The molecule has 2 aromatic rings. The highest BCUT2D eigenvalue weighted by atomic mass is 16.6. The van der Waals surface area contributed by atoms with Crippen LogP contribution in [0.2, 0.25) is 0 Å². The van der Waals surface area contributed by atoms with E-state index in [1.807, 2.05) is 31.2 Å². The number of nitrogens with one attached hydrogen (secondary N) is 2. The van der Waals surface area contributed by atoms with Crippen LogP contribution in [-0.4, -0.2) is 28.2 Å². The molecular weight excluding hydrogens is 324 g/mol. The second kappa shape index (κ2) is 7.91. The Morgan fingerprint density at radius 3 is 2.60 bits per heavy atom. The van der Waals surface area contributed by atoms with Crippen LogP contribution in [0.25, 0.3) is 0 Å². The van der Waals surface area contributed by atoms with E-state index in [4.69, 9.17) is 0 Å². The zero-order valence-electron chi connectivity index (χ0n) is 13.8. The zero-order valence-corrected chi connectivity index (χ0v) is 13.8. The lowest BCUT2D eigenvalue weighted by Gasteiger charge is -2.13. The third-order valence-electron chi connectivity index (χ3n) is 3.43. The second-order valence-electron chi connectivity index (χ2n) is 5.47. The van der Waals surface area contributed by atoms with Gasteiger partial charge in [-0.1, -0.05) is 17.7 Å². The molecular formula is C17H18N4O4. The fraction of sp³-hybridized carbons (Fsp3) is 0.176. The molecule has 1 amide bonds. The number of nitro groups is 1. The number of rotatable bonds is 6. The number of hydrogen-bond acceptors (Lipinski definition) is 6. The molecule has 0 aliphatic rings. The number of benzene rings is 2. The smallest absolute Gasteiger partial charge is 0.270 e. The summed E-state index contributed by atoms with van der Waals surface area (Å²) in [5, 5.41) is 27.2. The Balaban J connectivity index is 1.96. The molecule has 0 aliphatic heterocycles. The van der Waals surface area contributed by atoms with Crippen molar-refractivity contribution in [1.82, 2.24) is 5.43 Å².